The number of nitrogens with zero attached hydrogens (tertiary/aromatic N) is 3. The zero-order valence-corrected chi connectivity index (χ0v) is 21.8. The van der Waals surface area contributed by atoms with Gasteiger partial charge in [0.05, 0.1) is 30.5 Å². The van der Waals surface area contributed by atoms with E-state index in [1.807, 2.05) is 48.5 Å². The Morgan fingerprint density at radius 1 is 1.03 bits per heavy atom. The Balaban J connectivity index is 1.82. The molecule has 6 heteroatoms. The Bertz CT molecular complexity index is 1350. The van der Waals surface area contributed by atoms with Crippen LogP contribution in [0.3, 0.4) is 0 Å². The van der Waals surface area contributed by atoms with E-state index in [4.69, 9.17) is 15.2 Å². The van der Waals surface area contributed by atoms with Crippen LogP contribution in [0.2, 0.25) is 0 Å². The van der Waals surface area contributed by atoms with Crippen LogP contribution in [0.1, 0.15) is 50.7 Å². The van der Waals surface area contributed by atoms with Crippen molar-refractivity contribution in [2.45, 2.75) is 46.1 Å². The molecule has 2 aliphatic carbocycles. The molecule has 6 nitrogen and oxygen atoms in total. The van der Waals surface area contributed by atoms with Gasteiger partial charge in [0, 0.05) is 5.92 Å². The smallest absolute Gasteiger partial charge is 0.191 e. The van der Waals surface area contributed by atoms with Gasteiger partial charge in [-0.1, -0.05) is 63.2 Å². The lowest BCUT2D eigenvalue weighted by molar-refractivity contribution is 0.170. The minimum Gasteiger partial charge on any atom is -0.493 e. The Labute approximate surface area is 219 Å². The van der Waals surface area contributed by atoms with Gasteiger partial charge in [-0.2, -0.15) is 15.8 Å². The maximum atomic E-state index is 10.4. The first-order valence-corrected chi connectivity index (χ1v) is 12.5. The summed E-state index contributed by atoms with van der Waals surface area (Å²) in [7, 11) is 1.57. The normalized spacial score (nSPS) is 22.5. The van der Waals surface area contributed by atoms with Crippen molar-refractivity contribution in [2.24, 2.45) is 28.4 Å². The van der Waals surface area contributed by atoms with Crippen molar-refractivity contribution in [3.05, 3.63) is 82.6 Å². The van der Waals surface area contributed by atoms with Crippen LogP contribution < -0.4 is 15.2 Å². The van der Waals surface area contributed by atoms with Crippen molar-refractivity contribution in [1.29, 1.82) is 15.8 Å². The van der Waals surface area contributed by atoms with Gasteiger partial charge >= 0.3 is 0 Å². The molecule has 0 fully saturated rings. The number of benzene rings is 2. The topological polar surface area (TPSA) is 116 Å². The summed E-state index contributed by atoms with van der Waals surface area (Å²) in [6.07, 6.45) is 3.66. The lowest BCUT2D eigenvalue weighted by Gasteiger charge is -2.47. The molecule has 2 aromatic rings. The summed E-state index contributed by atoms with van der Waals surface area (Å²) in [5.41, 5.74) is 7.76. The van der Waals surface area contributed by atoms with Crippen LogP contribution in [0.5, 0.6) is 11.5 Å². The lowest BCUT2D eigenvalue weighted by atomic mass is 9.54. The molecule has 0 saturated heterocycles. The molecule has 0 saturated carbocycles. The van der Waals surface area contributed by atoms with Crippen LogP contribution in [0.4, 0.5) is 0 Å². The average molecular weight is 493 g/mol. The summed E-state index contributed by atoms with van der Waals surface area (Å²) >= 11 is 0. The molecule has 0 aromatic heterocycles. The van der Waals surface area contributed by atoms with E-state index in [2.05, 4.69) is 45.1 Å². The van der Waals surface area contributed by atoms with Gasteiger partial charge in [-0.25, -0.2) is 0 Å². The van der Waals surface area contributed by atoms with Crippen molar-refractivity contribution in [3.8, 4) is 29.7 Å². The van der Waals surface area contributed by atoms with Crippen molar-refractivity contribution >= 4 is 0 Å². The third kappa shape index (κ3) is 4.54. The minimum atomic E-state index is -1.68. The number of hydrogen-bond acceptors (Lipinski definition) is 6. The molecular formula is C31H32N4O2. The van der Waals surface area contributed by atoms with Crippen molar-refractivity contribution in [2.75, 3.05) is 7.11 Å². The lowest BCUT2D eigenvalue weighted by Crippen LogP contribution is -2.44. The maximum absolute atomic E-state index is 10.4. The molecule has 0 bridgehead atoms. The van der Waals surface area contributed by atoms with Gasteiger partial charge in [0.1, 0.15) is 12.7 Å². The number of hydrogen-bond donors (Lipinski definition) is 1. The van der Waals surface area contributed by atoms with E-state index in [1.54, 1.807) is 7.11 Å². The van der Waals surface area contributed by atoms with E-state index < -0.39 is 11.3 Å². The Morgan fingerprint density at radius 3 is 2.32 bits per heavy atom. The van der Waals surface area contributed by atoms with Gasteiger partial charge in [0.15, 0.2) is 16.9 Å². The quantitative estimate of drug-likeness (QED) is 0.536. The van der Waals surface area contributed by atoms with Crippen LogP contribution in [0.25, 0.3) is 0 Å². The van der Waals surface area contributed by atoms with Gasteiger partial charge in [-0.3, -0.25) is 0 Å². The van der Waals surface area contributed by atoms with Gasteiger partial charge < -0.3 is 15.2 Å². The van der Waals surface area contributed by atoms with E-state index in [9.17, 15) is 15.8 Å². The first-order chi connectivity index (χ1) is 17.7. The Hall–Kier alpha value is -4.21. The standard InChI is InChI=1S/C31H32N4O2/c1-30(2,3)22-11-12-23-24(15-22)28(31(18-33,19-34)29(35)25(23)16-32)21-10-13-26(27(14-21)36-4)37-17-20-8-6-5-7-9-20/h5-10,12-14,22,24,28H,11,15,17,35H2,1-4H3/t22-,24+,28+/m0/s1. The van der Waals surface area contributed by atoms with Gasteiger partial charge in [0.2, 0.25) is 0 Å². The number of allylic oxidation sites excluding steroid dienone is 4. The molecule has 2 N–H and O–H groups in total. The third-order valence-corrected chi connectivity index (χ3v) is 7.89. The highest BCUT2D eigenvalue weighted by Crippen LogP contribution is 2.58. The van der Waals surface area contributed by atoms with E-state index >= 15 is 0 Å². The zero-order valence-electron chi connectivity index (χ0n) is 21.8. The third-order valence-electron chi connectivity index (χ3n) is 7.89. The highest BCUT2D eigenvalue weighted by atomic mass is 16.5. The fourth-order valence-electron chi connectivity index (χ4n) is 5.71. The van der Waals surface area contributed by atoms with Crippen LogP contribution in [0.15, 0.2) is 71.5 Å². The van der Waals surface area contributed by atoms with Crippen LogP contribution in [-0.4, -0.2) is 7.11 Å². The average Bonchev–Trinajstić information content (AvgIpc) is 2.91. The first-order valence-electron chi connectivity index (χ1n) is 12.5. The number of methoxy groups -OCH3 is 1. The molecule has 4 rings (SSSR count). The van der Waals surface area contributed by atoms with E-state index in [-0.39, 0.29) is 22.6 Å². The summed E-state index contributed by atoms with van der Waals surface area (Å²) < 4.78 is 11.7. The zero-order chi connectivity index (χ0) is 26.8. The molecule has 37 heavy (non-hydrogen) atoms. The molecule has 0 aliphatic heterocycles. The van der Waals surface area contributed by atoms with Crippen LogP contribution >= 0.6 is 0 Å². The van der Waals surface area contributed by atoms with Crippen molar-refractivity contribution in [3.63, 3.8) is 0 Å². The second kappa shape index (κ2) is 10.0. The minimum absolute atomic E-state index is 0.0286. The van der Waals surface area contributed by atoms with E-state index in [1.165, 1.54) is 0 Å². The van der Waals surface area contributed by atoms with Crippen LogP contribution in [-0.2, 0) is 6.61 Å². The number of nitriles is 3. The number of fused-ring (bicyclic) bond motifs is 1. The summed E-state index contributed by atoms with van der Waals surface area (Å²) in [6, 6.07) is 22.0. The van der Waals surface area contributed by atoms with E-state index in [0.717, 1.165) is 29.5 Å². The fraction of sp³-hybridized carbons (Fsp3) is 0.387. The fourth-order valence-corrected chi connectivity index (χ4v) is 5.71. The summed E-state index contributed by atoms with van der Waals surface area (Å²) in [4.78, 5) is 0. The van der Waals surface area contributed by atoms with E-state index in [0.29, 0.717) is 24.0 Å². The SMILES string of the molecule is COc1cc([C@@H]2[C@@H]3C[C@@H](C(C)(C)C)CC=C3C(C#N)=C(N)C2(C#N)C#N)ccc1OCc1ccccc1. The molecule has 0 radical (unpaired) electrons. The monoisotopic (exact) mass is 492 g/mol. The largest absolute Gasteiger partial charge is 0.493 e. The Morgan fingerprint density at radius 2 is 1.73 bits per heavy atom. The molecule has 2 aromatic carbocycles. The van der Waals surface area contributed by atoms with Gasteiger partial charge in [-0.15, -0.1) is 0 Å². The number of ether oxygens (including phenoxy) is 2. The first kappa shape index (κ1) is 25.9. The highest BCUT2D eigenvalue weighted by Gasteiger charge is 2.55. The molecular weight excluding hydrogens is 460 g/mol. The molecule has 0 spiro atoms. The van der Waals surface area contributed by atoms with Crippen LogP contribution in [0, 0.1) is 56.7 Å². The molecule has 0 heterocycles. The summed E-state index contributed by atoms with van der Waals surface area (Å²) in [6.45, 7) is 6.98. The van der Waals surface area contributed by atoms with Gasteiger partial charge in [0.25, 0.3) is 0 Å². The predicted octanol–water partition coefficient (Wildman–Crippen LogP) is 6.14. The molecule has 3 atom stereocenters. The summed E-state index contributed by atoms with van der Waals surface area (Å²) in [5.74, 6) is 0.640. The highest BCUT2D eigenvalue weighted by molar-refractivity contribution is 5.60. The molecule has 188 valence electrons. The molecule has 0 unspecified atom stereocenters. The summed E-state index contributed by atoms with van der Waals surface area (Å²) in [5, 5.41) is 30.8. The number of rotatable bonds is 5. The second-order valence-electron chi connectivity index (χ2n) is 10.9. The second-order valence-corrected chi connectivity index (χ2v) is 10.9. The van der Waals surface area contributed by atoms with Crippen molar-refractivity contribution < 1.29 is 9.47 Å². The maximum Gasteiger partial charge on any atom is 0.191 e. The Kier molecular flexibility index (Phi) is 7.02. The molecule has 2 aliphatic rings. The van der Waals surface area contributed by atoms with Crippen molar-refractivity contribution in [1.82, 2.24) is 0 Å². The molecule has 0 amide bonds. The number of nitrogens with two attached hydrogens (primary N) is 1. The predicted molar refractivity (Wildman–Crippen MR) is 141 cm³/mol. The van der Waals surface area contributed by atoms with Gasteiger partial charge in [-0.05, 0) is 58.9 Å².